The average molecular weight is 651 g/mol. The Morgan fingerprint density at radius 1 is 0.694 bits per heavy atom. The van der Waals surface area contributed by atoms with Crippen LogP contribution in [-0.4, -0.2) is 26.4 Å². The van der Waals surface area contributed by atoms with Gasteiger partial charge in [-0.1, -0.05) is 97.1 Å². The lowest BCUT2D eigenvalue weighted by Gasteiger charge is -2.25. The average Bonchev–Trinajstić information content (AvgIpc) is 3.56. The molecule has 0 unspecified atom stereocenters. The van der Waals surface area contributed by atoms with Gasteiger partial charge in [-0.2, -0.15) is 0 Å². The summed E-state index contributed by atoms with van der Waals surface area (Å²) in [5.41, 5.74) is 10.7. The van der Waals surface area contributed by atoms with E-state index in [0.29, 0.717) is 0 Å². The van der Waals surface area contributed by atoms with E-state index in [1.54, 1.807) is 11.3 Å². The molecule has 3 aliphatic heterocycles. The molecule has 4 heterocycles. The normalized spacial score (nSPS) is 15.6. The van der Waals surface area contributed by atoms with Crippen LogP contribution in [0.1, 0.15) is 16.7 Å². The lowest BCUT2D eigenvalue weighted by molar-refractivity contribution is 0.976. The quantitative estimate of drug-likeness (QED) is 0.139. The third kappa shape index (κ3) is 5.11. The second-order valence-corrected chi connectivity index (χ2v) is 13.6. The smallest absolute Gasteiger partial charge is 0.123 e. The number of hydrogen-bond donors (Lipinski definition) is 2. The molecular formula is C44H34N4S. The molecule has 6 aromatic rings. The van der Waals surface area contributed by atoms with Crippen molar-refractivity contribution in [3.8, 4) is 11.1 Å². The third-order valence-corrected chi connectivity index (χ3v) is 10.8. The molecule has 3 aliphatic rings. The van der Waals surface area contributed by atoms with E-state index in [0.717, 1.165) is 35.7 Å². The van der Waals surface area contributed by atoms with Crippen molar-refractivity contribution in [1.29, 1.82) is 0 Å². The zero-order valence-electron chi connectivity index (χ0n) is 27.0. The third-order valence-electron chi connectivity index (χ3n) is 9.61. The van der Waals surface area contributed by atoms with E-state index in [9.17, 15) is 0 Å². The molecule has 0 saturated heterocycles. The molecule has 5 heteroatoms. The zero-order chi connectivity index (χ0) is 32.7. The summed E-state index contributed by atoms with van der Waals surface area (Å²) < 4.78 is 1.22. The highest BCUT2D eigenvalue weighted by Crippen LogP contribution is 2.47. The van der Waals surface area contributed by atoms with Gasteiger partial charge in [0, 0.05) is 42.1 Å². The van der Waals surface area contributed by atoms with Crippen molar-refractivity contribution in [3.63, 3.8) is 0 Å². The Balaban J connectivity index is 1.27. The Hall–Kier alpha value is -5.91. The number of thiophene rings is 1. The highest BCUT2D eigenvalue weighted by Gasteiger charge is 2.22. The standard InChI is InChI=1S/C44H34N4S/c1-45-43-39-18-6-7-19-40(39)49-44(43)48-22-10-13-31(28-48)41-35-14-2-4-16-37(35)42(38-17-5-3-15-36(38)41)34-24-32(29-11-8-20-46-26-29)23-33(25-34)30-12-9-21-47-27-30/h2-20,23-25,27-28,46-47H,1,21-22,26H2. The Labute approximate surface area is 290 Å². The summed E-state index contributed by atoms with van der Waals surface area (Å²) in [6.45, 7) is 6.38. The second kappa shape index (κ2) is 12.3. The van der Waals surface area contributed by atoms with Crippen LogP contribution < -0.4 is 15.5 Å². The first-order valence-corrected chi connectivity index (χ1v) is 17.5. The van der Waals surface area contributed by atoms with E-state index in [4.69, 9.17) is 0 Å². The van der Waals surface area contributed by atoms with Crippen LogP contribution >= 0.6 is 11.3 Å². The van der Waals surface area contributed by atoms with Crippen LogP contribution in [0.4, 0.5) is 10.7 Å². The molecule has 2 N–H and O–H groups in total. The number of anilines is 1. The zero-order valence-corrected chi connectivity index (χ0v) is 27.8. The van der Waals surface area contributed by atoms with Crippen molar-refractivity contribution in [1.82, 2.24) is 10.6 Å². The highest BCUT2D eigenvalue weighted by molar-refractivity contribution is 7.23. The van der Waals surface area contributed by atoms with Crippen LogP contribution in [0.2, 0.25) is 0 Å². The maximum absolute atomic E-state index is 4.50. The first kappa shape index (κ1) is 29.2. The van der Waals surface area contributed by atoms with E-state index in [1.165, 1.54) is 70.8 Å². The molecule has 4 nitrogen and oxygen atoms in total. The fourth-order valence-corrected chi connectivity index (χ4v) is 8.54. The van der Waals surface area contributed by atoms with Gasteiger partial charge in [-0.3, -0.25) is 4.99 Å². The molecule has 1 aromatic heterocycles. The van der Waals surface area contributed by atoms with Gasteiger partial charge < -0.3 is 15.5 Å². The van der Waals surface area contributed by atoms with E-state index in [-0.39, 0.29) is 0 Å². The van der Waals surface area contributed by atoms with Gasteiger partial charge in [0.1, 0.15) is 10.7 Å². The largest absolute Gasteiger partial charge is 0.387 e. The number of rotatable bonds is 6. The SMILES string of the molecule is C=Nc1c(N2C=C(c3c4ccccc4c(-c4cc(C5=CNCC=C5)cc(C5=CC=CNC5)c4)c4ccccc34)C=CC2)sc2ccccc12. The number of nitrogens with zero attached hydrogens (tertiary/aromatic N) is 2. The first-order chi connectivity index (χ1) is 24.3. The summed E-state index contributed by atoms with van der Waals surface area (Å²) in [5, 5.41) is 14.0. The predicted molar refractivity (Wildman–Crippen MR) is 213 cm³/mol. The molecule has 236 valence electrons. The lowest BCUT2D eigenvalue weighted by Crippen LogP contribution is -2.18. The second-order valence-electron chi connectivity index (χ2n) is 12.5. The molecule has 0 fully saturated rings. The maximum Gasteiger partial charge on any atom is 0.123 e. The van der Waals surface area contributed by atoms with E-state index >= 15 is 0 Å². The number of aliphatic imine (C=N–C) groups is 1. The summed E-state index contributed by atoms with van der Waals surface area (Å²) in [4.78, 5) is 6.83. The van der Waals surface area contributed by atoms with Crippen LogP contribution in [-0.2, 0) is 0 Å². The number of nitrogens with one attached hydrogen (secondary N) is 2. The minimum absolute atomic E-state index is 0.779. The minimum Gasteiger partial charge on any atom is -0.387 e. The van der Waals surface area contributed by atoms with Crippen molar-refractivity contribution in [2.24, 2.45) is 4.99 Å². The fourth-order valence-electron chi connectivity index (χ4n) is 7.40. The molecule has 5 aromatic carbocycles. The Morgan fingerprint density at radius 2 is 1.37 bits per heavy atom. The number of fused-ring (bicyclic) bond motifs is 3. The molecular weight excluding hydrogens is 617 g/mol. The topological polar surface area (TPSA) is 39.7 Å². The minimum atomic E-state index is 0.779. The van der Waals surface area contributed by atoms with E-state index in [1.807, 2.05) is 6.20 Å². The van der Waals surface area contributed by atoms with Gasteiger partial charge in [-0.05, 0) is 109 Å². The molecule has 0 saturated carbocycles. The molecule has 0 aliphatic carbocycles. The summed E-state index contributed by atoms with van der Waals surface area (Å²) in [7, 11) is 0. The monoisotopic (exact) mass is 650 g/mol. The van der Waals surface area contributed by atoms with Gasteiger partial charge in [0.25, 0.3) is 0 Å². The van der Waals surface area contributed by atoms with Gasteiger partial charge in [0.05, 0.1) is 0 Å². The van der Waals surface area contributed by atoms with Gasteiger partial charge >= 0.3 is 0 Å². The molecule has 0 spiro atoms. The van der Waals surface area contributed by atoms with Crippen molar-refractivity contribution in [2.45, 2.75) is 0 Å². The Kier molecular flexibility index (Phi) is 7.33. The van der Waals surface area contributed by atoms with Crippen molar-refractivity contribution >= 4 is 77.1 Å². The van der Waals surface area contributed by atoms with Crippen molar-refractivity contribution in [3.05, 3.63) is 163 Å². The van der Waals surface area contributed by atoms with E-state index < -0.39 is 0 Å². The maximum atomic E-state index is 4.50. The van der Waals surface area contributed by atoms with Crippen LogP contribution in [0.15, 0.2) is 151 Å². The van der Waals surface area contributed by atoms with Crippen LogP contribution in [0, 0.1) is 0 Å². The predicted octanol–water partition coefficient (Wildman–Crippen LogP) is 10.6. The van der Waals surface area contributed by atoms with E-state index in [2.05, 4.69) is 167 Å². The molecule has 0 radical (unpaired) electrons. The summed E-state index contributed by atoms with van der Waals surface area (Å²) in [6, 6.07) is 33.3. The van der Waals surface area contributed by atoms with Crippen LogP contribution in [0.3, 0.4) is 0 Å². The number of benzene rings is 5. The molecule has 0 bridgehead atoms. The highest BCUT2D eigenvalue weighted by atomic mass is 32.1. The number of hydrogen-bond acceptors (Lipinski definition) is 5. The first-order valence-electron chi connectivity index (χ1n) is 16.7. The Morgan fingerprint density at radius 3 is 2.06 bits per heavy atom. The van der Waals surface area contributed by atoms with Gasteiger partial charge in [0.15, 0.2) is 0 Å². The molecule has 0 atom stereocenters. The van der Waals surface area contributed by atoms with Crippen molar-refractivity contribution < 1.29 is 0 Å². The van der Waals surface area contributed by atoms with Crippen molar-refractivity contribution in [2.75, 3.05) is 24.5 Å². The summed E-state index contributed by atoms with van der Waals surface area (Å²) in [5.74, 6) is 0. The van der Waals surface area contributed by atoms with Crippen LogP contribution in [0.25, 0.3) is 59.5 Å². The number of allylic oxidation sites excluding steroid dienone is 6. The molecule has 9 rings (SSSR count). The Bertz CT molecular complexity index is 2450. The van der Waals surface area contributed by atoms with Crippen LogP contribution in [0.5, 0.6) is 0 Å². The molecule has 49 heavy (non-hydrogen) atoms. The van der Waals surface area contributed by atoms with Gasteiger partial charge in [0.2, 0.25) is 0 Å². The number of dihydropyridines is 2. The van der Waals surface area contributed by atoms with Gasteiger partial charge in [-0.25, -0.2) is 0 Å². The lowest BCUT2D eigenvalue weighted by atomic mass is 9.84. The van der Waals surface area contributed by atoms with Gasteiger partial charge in [-0.15, -0.1) is 11.3 Å². The summed E-state index contributed by atoms with van der Waals surface area (Å²) in [6.07, 6.45) is 19.7. The summed E-state index contributed by atoms with van der Waals surface area (Å²) >= 11 is 1.77. The molecule has 0 amide bonds. The fraction of sp³-hybridized carbons (Fsp3) is 0.0682.